The van der Waals surface area contributed by atoms with Gasteiger partial charge in [0.25, 0.3) is 0 Å². The van der Waals surface area contributed by atoms with E-state index in [1.54, 1.807) is 27.2 Å². The minimum absolute atomic E-state index is 0.249. The Morgan fingerprint density at radius 3 is 2.52 bits per heavy atom. The lowest BCUT2D eigenvalue weighted by atomic mass is 9.87. The second-order valence-corrected chi connectivity index (χ2v) is 7.18. The van der Waals surface area contributed by atoms with Crippen LogP contribution >= 0.6 is 0 Å². The van der Waals surface area contributed by atoms with Crippen LogP contribution < -0.4 is 4.74 Å². The summed E-state index contributed by atoms with van der Waals surface area (Å²) in [6, 6.07) is 11.7. The summed E-state index contributed by atoms with van der Waals surface area (Å²) in [6.07, 6.45) is 1.90. The van der Waals surface area contributed by atoms with Crippen LogP contribution in [-0.4, -0.2) is 34.9 Å². The molecular formula is C23H31NO5. The molecule has 1 aromatic carbocycles. The minimum Gasteiger partial charge on any atom is -0.481 e. The molecular weight excluding hydrogens is 370 g/mol. The molecule has 6 heteroatoms. The van der Waals surface area contributed by atoms with Gasteiger partial charge in [-0.1, -0.05) is 44.2 Å². The van der Waals surface area contributed by atoms with Crippen LogP contribution in [0.15, 0.2) is 42.6 Å². The van der Waals surface area contributed by atoms with E-state index in [1.807, 2.05) is 43.3 Å². The zero-order valence-corrected chi connectivity index (χ0v) is 17.7. The van der Waals surface area contributed by atoms with Crippen LogP contribution in [0.25, 0.3) is 0 Å². The topological polar surface area (TPSA) is 77.9 Å². The maximum absolute atomic E-state index is 12.0. The van der Waals surface area contributed by atoms with Crippen molar-refractivity contribution in [2.45, 2.75) is 65.0 Å². The summed E-state index contributed by atoms with van der Waals surface area (Å²) in [6.45, 7) is 6.11. The van der Waals surface area contributed by atoms with Gasteiger partial charge in [0.05, 0.1) is 26.4 Å². The second-order valence-electron chi connectivity index (χ2n) is 7.18. The summed E-state index contributed by atoms with van der Waals surface area (Å²) in [5, 5.41) is 10.6. The maximum atomic E-state index is 12.0. The van der Waals surface area contributed by atoms with Crippen molar-refractivity contribution in [3.05, 3.63) is 59.3 Å². The molecule has 2 aromatic rings. The zero-order valence-electron chi connectivity index (χ0n) is 17.7. The van der Waals surface area contributed by atoms with E-state index >= 15 is 0 Å². The van der Waals surface area contributed by atoms with E-state index in [0.29, 0.717) is 31.9 Å². The number of hydrogen-bond acceptors (Lipinski definition) is 6. The van der Waals surface area contributed by atoms with Gasteiger partial charge in [0.2, 0.25) is 5.88 Å². The van der Waals surface area contributed by atoms with Crippen molar-refractivity contribution in [3.63, 3.8) is 0 Å². The maximum Gasteiger partial charge on any atom is 0.306 e. The molecule has 0 aliphatic carbocycles. The number of nitrogens with zero attached hydrogens (tertiary/aromatic N) is 1. The van der Waals surface area contributed by atoms with Crippen LogP contribution in [0.2, 0.25) is 0 Å². The molecule has 2 atom stereocenters. The van der Waals surface area contributed by atoms with Crippen molar-refractivity contribution < 1.29 is 24.1 Å². The molecule has 1 N–H and O–H groups in total. The van der Waals surface area contributed by atoms with Gasteiger partial charge in [0.1, 0.15) is 5.60 Å². The summed E-state index contributed by atoms with van der Waals surface area (Å²) < 4.78 is 17.0. The highest BCUT2D eigenvalue weighted by molar-refractivity contribution is 5.69. The number of benzene rings is 1. The predicted molar refractivity (Wildman–Crippen MR) is 111 cm³/mol. The van der Waals surface area contributed by atoms with E-state index in [2.05, 4.69) is 4.98 Å². The summed E-state index contributed by atoms with van der Waals surface area (Å²) in [5.74, 6) is 0.119. The Hall–Kier alpha value is -2.44. The third-order valence-corrected chi connectivity index (χ3v) is 4.93. The van der Waals surface area contributed by atoms with Gasteiger partial charge in [0, 0.05) is 24.6 Å². The number of methoxy groups -OCH3 is 1. The molecule has 0 aliphatic heterocycles. The van der Waals surface area contributed by atoms with Crippen molar-refractivity contribution in [2.24, 2.45) is 0 Å². The van der Waals surface area contributed by atoms with E-state index in [1.165, 1.54) is 0 Å². The summed E-state index contributed by atoms with van der Waals surface area (Å²) in [5.41, 5.74) is 1.67. The van der Waals surface area contributed by atoms with E-state index in [-0.39, 0.29) is 12.4 Å². The highest BCUT2D eigenvalue weighted by atomic mass is 16.6. The predicted octanol–water partition coefficient (Wildman–Crippen LogP) is 3.83. The normalized spacial score (nSPS) is 14.1. The van der Waals surface area contributed by atoms with E-state index < -0.39 is 11.7 Å². The lowest BCUT2D eigenvalue weighted by molar-refractivity contribution is -0.170. The van der Waals surface area contributed by atoms with Crippen LogP contribution in [0.1, 0.15) is 50.3 Å². The standard InChI is InChI=1S/C23H31NO5/c1-5-20(25)23(3,29-21(26)6-2)14-18-12-13-24-22(27-4)19(18)16-28-15-17-10-8-7-9-11-17/h7-13,20,25H,5-6,14-16H2,1-4H3. The summed E-state index contributed by atoms with van der Waals surface area (Å²) >= 11 is 0. The molecule has 2 rings (SSSR count). The van der Waals surface area contributed by atoms with Gasteiger partial charge in [0.15, 0.2) is 0 Å². The van der Waals surface area contributed by atoms with Gasteiger partial charge >= 0.3 is 5.97 Å². The fourth-order valence-electron chi connectivity index (χ4n) is 3.22. The molecule has 0 amide bonds. The summed E-state index contributed by atoms with van der Waals surface area (Å²) in [4.78, 5) is 16.3. The molecule has 0 bridgehead atoms. The Balaban J connectivity index is 2.24. The number of aliphatic hydroxyl groups excluding tert-OH is 1. The van der Waals surface area contributed by atoms with Crippen LogP contribution in [0, 0.1) is 0 Å². The number of carbonyl (C=O) groups excluding carboxylic acids is 1. The fourth-order valence-corrected chi connectivity index (χ4v) is 3.22. The molecule has 1 aromatic heterocycles. The number of pyridine rings is 1. The molecule has 29 heavy (non-hydrogen) atoms. The molecule has 0 saturated carbocycles. The van der Waals surface area contributed by atoms with Crippen LogP contribution in [0.5, 0.6) is 5.88 Å². The van der Waals surface area contributed by atoms with Gasteiger partial charge in [-0.2, -0.15) is 0 Å². The van der Waals surface area contributed by atoms with Gasteiger partial charge in [-0.05, 0) is 30.5 Å². The molecule has 2 unspecified atom stereocenters. The fraction of sp³-hybridized carbons (Fsp3) is 0.478. The highest BCUT2D eigenvalue weighted by Crippen LogP contribution is 2.29. The average Bonchev–Trinajstić information content (AvgIpc) is 2.74. The molecule has 0 fully saturated rings. The van der Waals surface area contributed by atoms with Crippen molar-refractivity contribution in [3.8, 4) is 5.88 Å². The highest BCUT2D eigenvalue weighted by Gasteiger charge is 2.37. The Labute approximate surface area is 172 Å². The van der Waals surface area contributed by atoms with Crippen molar-refractivity contribution >= 4 is 5.97 Å². The van der Waals surface area contributed by atoms with Crippen molar-refractivity contribution in [1.82, 2.24) is 4.98 Å². The molecule has 6 nitrogen and oxygen atoms in total. The van der Waals surface area contributed by atoms with Gasteiger partial charge in [-0.25, -0.2) is 4.98 Å². The van der Waals surface area contributed by atoms with E-state index in [0.717, 1.165) is 16.7 Å². The summed E-state index contributed by atoms with van der Waals surface area (Å²) in [7, 11) is 1.56. The van der Waals surface area contributed by atoms with Gasteiger partial charge in [-0.3, -0.25) is 4.79 Å². The first-order chi connectivity index (χ1) is 13.9. The third kappa shape index (κ3) is 6.27. The quantitative estimate of drug-likeness (QED) is 0.577. The first kappa shape index (κ1) is 22.8. The molecule has 1 heterocycles. The second kappa shape index (κ2) is 10.9. The number of aromatic nitrogens is 1. The molecule has 0 spiro atoms. The smallest absolute Gasteiger partial charge is 0.306 e. The van der Waals surface area contributed by atoms with Crippen LogP contribution in [-0.2, 0) is 33.9 Å². The molecule has 0 saturated heterocycles. The average molecular weight is 402 g/mol. The van der Waals surface area contributed by atoms with Crippen molar-refractivity contribution in [1.29, 1.82) is 0 Å². The number of hydrogen-bond donors (Lipinski definition) is 1. The van der Waals surface area contributed by atoms with E-state index in [4.69, 9.17) is 14.2 Å². The number of aliphatic hydroxyl groups is 1. The monoisotopic (exact) mass is 401 g/mol. The van der Waals surface area contributed by atoms with E-state index in [9.17, 15) is 9.90 Å². The van der Waals surface area contributed by atoms with Crippen molar-refractivity contribution in [2.75, 3.05) is 7.11 Å². The number of ether oxygens (including phenoxy) is 3. The third-order valence-electron chi connectivity index (χ3n) is 4.93. The molecule has 0 aliphatic rings. The van der Waals surface area contributed by atoms with Crippen LogP contribution in [0.3, 0.4) is 0 Å². The minimum atomic E-state index is -1.05. The van der Waals surface area contributed by atoms with Crippen LogP contribution in [0.4, 0.5) is 0 Å². The molecule has 158 valence electrons. The first-order valence-electron chi connectivity index (χ1n) is 9.95. The lowest BCUT2D eigenvalue weighted by Crippen LogP contribution is -2.45. The lowest BCUT2D eigenvalue weighted by Gasteiger charge is -2.34. The first-order valence-corrected chi connectivity index (χ1v) is 9.95. The number of esters is 1. The number of carbonyl (C=O) groups is 1. The largest absolute Gasteiger partial charge is 0.481 e. The van der Waals surface area contributed by atoms with Gasteiger partial charge < -0.3 is 19.3 Å². The number of rotatable bonds is 11. The Kier molecular flexibility index (Phi) is 8.61. The Morgan fingerprint density at radius 1 is 1.17 bits per heavy atom. The Bertz CT molecular complexity index is 780. The van der Waals surface area contributed by atoms with Gasteiger partial charge in [-0.15, -0.1) is 0 Å². The SMILES string of the molecule is CCC(=O)OC(C)(Cc1ccnc(OC)c1COCc1ccccc1)C(O)CC. The molecule has 0 radical (unpaired) electrons. The Morgan fingerprint density at radius 2 is 1.90 bits per heavy atom. The zero-order chi connectivity index (χ0) is 21.3.